The van der Waals surface area contributed by atoms with E-state index in [2.05, 4.69) is 0 Å². The predicted octanol–water partition coefficient (Wildman–Crippen LogP) is 2.27. The van der Waals surface area contributed by atoms with Gasteiger partial charge >= 0.3 is 5.97 Å². The van der Waals surface area contributed by atoms with Crippen LogP contribution < -0.4 is 10.6 Å². The zero-order valence-electron chi connectivity index (χ0n) is 11.4. The highest BCUT2D eigenvalue weighted by Crippen LogP contribution is 2.29. The molecule has 1 aliphatic carbocycles. The first-order chi connectivity index (χ1) is 9.59. The van der Waals surface area contributed by atoms with E-state index in [0.29, 0.717) is 11.4 Å². The molecule has 2 rings (SSSR count). The highest BCUT2D eigenvalue weighted by atomic mass is 16.4. The van der Waals surface area contributed by atoms with E-state index >= 15 is 0 Å². The number of hydrogen-bond acceptors (Lipinski definition) is 3. The zero-order valence-corrected chi connectivity index (χ0v) is 11.4. The Labute approximate surface area is 118 Å². The third-order valence-corrected chi connectivity index (χ3v) is 3.74. The molecule has 0 heterocycles. The van der Waals surface area contributed by atoms with Gasteiger partial charge in [0.05, 0.1) is 11.4 Å². The quantitative estimate of drug-likeness (QED) is 0.826. The molecule has 5 nitrogen and oxygen atoms in total. The lowest BCUT2D eigenvalue weighted by Crippen LogP contribution is -2.40. The van der Waals surface area contributed by atoms with E-state index in [9.17, 15) is 9.59 Å². The Hall–Kier alpha value is -2.04. The third kappa shape index (κ3) is 3.29. The van der Waals surface area contributed by atoms with Crippen LogP contribution in [0.3, 0.4) is 0 Å². The van der Waals surface area contributed by atoms with Crippen molar-refractivity contribution < 1.29 is 14.7 Å². The van der Waals surface area contributed by atoms with E-state index in [-0.39, 0.29) is 18.4 Å². The van der Waals surface area contributed by atoms with Crippen molar-refractivity contribution >= 4 is 23.3 Å². The molecule has 1 fully saturated rings. The minimum absolute atomic E-state index is 0.0808. The molecule has 0 spiro atoms. The van der Waals surface area contributed by atoms with Gasteiger partial charge in [-0.25, -0.2) is 0 Å². The van der Waals surface area contributed by atoms with Crippen LogP contribution in [0.15, 0.2) is 24.3 Å². The average molecular weight is 276 g/mol. The molecular formula is C15H20N2O3. The molecule has 0 radical (unpaired) electrons. The number of benzene rings is 1. The second kappa shape index (κ2) is 6.41. The monoisotopic (exact) mass is 276 g/mol. The van der Waals surface area contributed by atoms with Crippen molar-refractivity contribution in [3.8, 4) is 0 Å². The normalized spacial score (nSPS) is 15.8. The van der Waals surface area contributed by atoms with Crippen LogP contribution >= 0.6 is 0 Å². The molecule has 0 aromatic heterocycles. The Kier molecular flexibility index (Phi) is 4.61. The van der Waals surface area contributed by atoms with Crippen LogP contribution in [0.1, 0.15) is 32.1 Å². The highest BCUT2D eigenvalue weighted by Gasteiger charge is 2.28. The molecular weight excluding hydrogens is 256 g/mol. The van der Waals surface area contributed by atoms with Crippen molar-refractivity contribution in [3.05, 3.63) is 24.3 Å². The first kappa shape index (κ1) is 14.4. The van der Waals surface area contributed by atoms with Crippen LogP contribution in [0.2, 0.25) is 0 Å². The van der Waals surface area contributed by atoms with Crippen molar-refractivity contribution in [2.75, 3.05) is 17.2 Å². The van der Waals surface area contributed by atoms with Gasteiger partial charge < -0.3 is 10.8 Å². The number of nitrogen functional groups attached to an aromatic ring is 1. The molecule has 5 heteroatoms. The van der Waals surface area contributed by atoms with Crippen LogP contribution in [0.4, 0.5) is 11.4 Å². The summed E-state index contributed by atoms with van der Waals surface area (Å²) in [5.41, 5.74) is 6.80. The van der Waals surface area contributed by atoms with Gasteiger partial charge in [-0.1, -0.05) is 31.4 Å². The predicted molar refractivity (Wildman–Crippen MR) is 77.4 cm³/mol. The summed E-state index contributed by atoms with van der Waals surface area (Å²) in [4.78, 5) is 25.0. The maximum Gasteiger partial charge on any atom is 0.323 e. The number of rotatable bonds is 4. The molecule has 1 saturated carbocycles. The minimum atomic E-state index is -1.03. The lowest BCUT2D eigenvalue weighted by molar-refractivity contribution is -0.137. The number of carboxylic acids is 1. The summed E-state index contributed by atoms with van der Waals surface area (Å²) in [5.74, 6) is -1.23. The minimum Gasteiger partial charge on any atom is -0.480 e. The second-order valence-corrected chi connectivity index (χ2v) is 5.21. The van der Waals surface area contributed by atoms with Gasteiger partial charge in [0.25, 0.3) is 0 Å². The van der Waals surface area contributed by atoms with E-state index < -0.39 is 5.97 Å². The molecule has 0 bridgehead atoms. The van der Waals surface area contributed by atoms with Gasteiger partial charge in [0, 0.05) is 5.92 Å². The number of carboxylic acid groups (broad SMARTS) is 1. The maximum absolute atomic E-state index is 12.6. The SMILES string of the molecule is Nc1ccccc1N(CC(=O)O)C(=O)C1CCCCC1. The zero-order chi connectivity index (χ0) is 14.5. The van der Waals surface area contributed by atoms with Crippen LogP contribution in [0, 0.1) is 5.92 Å². The summed E-state index contributed by atoms with van der Waals surface area (Å²) < 4.78 is 0. The van der Waals surface area contributed by atoms with E-state index in [1.807, 2.05) is 0 Å². The fraction of sp³-hybridized carbons (Fsp3) is 0.467. The smallest absolute Gasteiger partial charge is 0.323 e. The topological polar surface area (TPSA) is 83.6 Å². The first-order valence-electron chi connectivity index (χ1n) is 6.97. The summed E-state index contributed by atoms with van der Waals surface area (Å²) in [6.07, 6.45) is 4.88. The molecule has 1 amide bonds. The van der Waals surface area contributed by atoms with E-state index in [1.54, 1.807) is 24.3 Å². The highest BCUT2D eigenvalue weighted by molar-refractivity contribution is 6.01. The molecule has 0 saturated heterocycles. The second-order valence-electron chi connectivity index (χ2n) is 5.21. The van der Waals surface area contributed by atoms with Gasteiger partial charge in [-0.3, -0.25) is 14.5 Å². The summed E-state index contributed by atoms with van der Waals surface area (Å²) in [6, 6.07) is 6.90. The van der Waals surface area contributed by atoms with Crippen molar-refractivity contribution in [3.63, 3.8) is 0 Å². The van der Waals surface area contributed by atoms with E-state index in [0.717, 1.165) is 32.1 Å². The van der Waals surface area contributed by atoms with Gasteiger partial charge in [-0.15, -0.1) is 0 Å². The molecule has 20 heavy (non-hydrogen) atoms. The number of anilines is 2. The Morgan fingerprint density at radius 2 is 1.85 bits per heavy atom. The van der Waals surface area contributed by atoms with Crippen LogP contribution in [0.5, 0.6) is 0 Å². The third-order valence-electron chi connectivity index (χ3n) is 3.74. The fourth-order valence-electron chi connectivity index (χ4n) is 2.72. The number of amides is 1. The standard InChI is InChI=1S/C15H20N2O3/c16-12-8-4-5-9-13(12)17(10-14(18)19)15(20)11-6-2-1-3-7-11/h4-5,8-9,11H,1-3,6-7,10,16H2,(H,18,19). The number of carbonyl (C=O) groups excluding carboxylic acids is 1. The largest absolute Gasteiger partial charge is 0.480 e. The van der Waals surface area contributed by atoms with Gasteiger partial charge in [0.15, 0.2) is 0 Å². The van der Waals surface area contributed by atoms with Crippen molar-refractivity contribution in [1.82, 2.24) is 0 Å². The van der Waals surface area contributed by atoms with Crippen molar-refractivity contribution in [2.24, 2.45) is 5.92 Å². The number of carbonyl (C=O) groups is 2. The Morgan fingerprint density at radius 1 is 1.20 bits per heavy atom. The molecule has 1 aromatic rings. The summed E-state index contributed by atoms with van der Waals surface area (Å²) in [7, 11) is 0. The Bertz CT molecular complexity index is 496. The molecule has 1 aliphatic rings. The van der Waals surface area contributed by atoms with Crippen LogP contribution in [0.25, 0.3) is 0 Å². The Balaban J connectivity index is 2.25. The van der Waals surface area contributed by atoms with Gasteiger partial charge in [-0.05, 0) is 25.0 Å². The number of aliphatic carboxylic acids is 1. The maximum atomic E-state index is 12.6. The molecule has 3 N–H and O–H groups in total. The molecule has 0 atom stereocenters. The number of nitrogens with two attached hydrogens (primary N) is 1. The van der Waals surface area contributed by atoms with Crippen LogP contribution in [-0.2, 0) is 9.59 Å². The Morgan fingerprint density at radius 3 is 2.45 bits per heavy atom. The van der Waals surface area contributed by atoms with E-state index in [4.69, 9.17) is 10.8 Å². The van der Waals surface area contributed by atoms with Crippen molar-refractivity contribution in [1.29, 1.82) is 0 Å². The van der Waals surface area contributed by atoms with Crippen molar-refractivity contribution in [2.45, 2.75) is 32.1 Å². The van der Waals surface area contributed by atoms with Gasteiger partial charge in [0.1, 0.15) is 6.54 Å². The lowest BCUT2D eigenvalue weighted by atomic mass is 9.88. The van der Waals surface area contributed by atoms with Gasteiger partial charge in [0.2, 0.25) is 5.91 Å². The summed E-state index contributed by atoms with van der Waals surface area (Å²) in [6.45, 7) is -0.344. The van der Waals surface area contributed by atoms with Gasteiger partial charge in [-0.2, -0.15) is 0 Å². The lowest BCUT2D eigenvalue weighted by Gasteiger charge is -2.29. The average Bonchev–Trinajstić information content (AvgIpc) is 2.46. The number of para-hydroxylation sites is 2. The first-order valence-corrected chi connectivity index (χ1v) is 6.97. The molecule has 0 aliphatic heterocycles. The number of nitrogens with zero attached hydrogens (tertiary/aromatic N) is 1. The summed E-state index contributed by atoms with van der Waals surface area (Å²) >= 11 is 0. The number of hydrogen-bond donors (Lipinski definition) is 2. The van der Waals surface area contributed by atoms with E-state index in [1.165, 1.54) is 4.90 Å². The molecule has 0 unspecified atom stereocenters. The molecule has 108 valence electrons. The summed E-state index contributed by atoms with van der Waals surface area (Å²) in [5, 5.41) is 9.05. The molecule has 1 aromatic carbocycles. The fourth-order valence-corrected chi connectivity index (χ4v) is 2.72. The van der Waals surface area contributed by atoms with Crippen LogP contribution in [-0.4, -0.2) is 23.5 Å².